The maximum atomic E-state index is 12.5. The fraction of sp³-hybridized carbons (Fsp3) is 0.143. The molecule has 13 heavy (non-hydrogen) atoms. The van der Waals surface area contributed by atoms with Crippen LogP contribution in [-0.2, 0) is 0 Å². The molecule has 0 radical (unpaired) electrons. The van der Waals surface area contributed by atoms with Gasteiger partial charge >= 0.3 is 0 Å². The van der Waals surface area contributed by atoms with Crippen molar-refractivity contribution < 1.29 is 13.6 Å². The predicted octanol–water partition coefficient (Wildman–Crippen LogP) is 3.04. The van der Waals surface area contributed by atoms with Crippen molar-refractivity contribution in [1.82, 2.24) is 4.98 Å². The lowest BCUT2D eigenvalue weighted by atomic mass is 10.2. The van der Waals surface area contributed by atoms with E-state index in [4.69, 9.17) is 0 Å². The van der Waals surface area contributed by atoms with Crippen LogP contribution in [-0.4, -0.2) is 11.3 Å². The van der Waals surface area contributed by atoms with E-state index in [1.807, 2.05) is 0 Å². The van der Waals surface area contributed by atoms with Gasteiger partial charge in [0, 0.05) is 15.3 Å². The standard InChI is InChI=1S/C7H3F2I2NO/c8-7(9)5-3(10)1-12-4(2-13)6(5)11/h1-2,7H. The molecule has 1 heterocycles. The van der Waals surface area contributed by atoms with Crippen molar-refractivity contribution in [2.45, 2.75) is 6.43 Å². The number of rotatable bonds is 2. The third kappa shape index (κ3) is 2.33. The first-order valence-corrected chi connectivity index (χ1v) is 5.31. The second-order valence-electron chi connectivity index (χ2n) is 2.14. The number of nitrogens with zero attached hydrogens (tertiary/aromatic N) is 1. The Hall–Kier alpha value is 0.140. The van der Waals surface area contributed by atoms with Crippen molar-refractivity contribution in [3.8, 4) is 0 Å². The summed E-state index contributed by atoms with van der Waals surface area (Å²) in [6, 6.07) is 0. The first-order chi connectivity index (χ1) is 6.07. The van der Waals surface area contributed by atoms with Gasteiger partial charge < -0.3 is 0 Å². The predicted molar refractivity (Wildman–Crippen MR) is 60.0 cm³/mol. The minimum atomic E-state index is -2.57. The smallest absolute Gasteiger partial charge is 0.266 e. The third-order valence-corrected chi connectivity index (χ3v) is 3.36. The highest BCUT2D eigenvalue weighted by Crippen LogP contribution is 2.29. The van der Waals surface area contributed by atoms with Crippen molar-refractivity contribution in [2.24, 2.45) is 0 Å². The monoisotopic (exact) mass is 409 g/mol. The van der Waals surface area contributed by atoms with E-state index in [2.05, 4.69) is 4.98 Å². The Balaban J connectivity index is 3.38. The summed E-state index contributed by atoms with van der Waals surface area (Å²) in [5.74, 6) is 0. The van der Waals surface area contributed by atoms with E-state index in [0.717, 1.165) is 0 Å². The Morgan fingerprint density at radius 2 is 2.08 bits per heavy atom. The Morgan fingerprint density at radius 3 is 2.54 bits per heavy atom. The fourth-order valence-electron chi connectivity index (χ4n) is 0.777. The van der Waals surface area contributed by atoms with Gasteiger partial charge in [0.15, 0.2) is 6.29 Å². The van der Waals surface area contributed by atoms with Crippen LogP contribution >= 0.6 is 45.2 Å². The van der Waals surface area contributed by atoms with Gasteiger partial charge in [0.1, 0.15) is 5.69 Å². The van der Waals surface area contributed by atoms with Gasteiger partial charge in [-0.05, 0) is 45.2 Å². The van der Waals surface area contributed by atoms with Crippen molar-refractivity contribution in [3.05, 3.63) is 24.6 Å². The summed E-state index contributed by atoms with van der Waals surface area (Å²) in [5.41, 5.74) is -0.0467. The third-order valence-electron chi connectivity index (χ3n) is 1.37. The van der Waals surface area contributed by atoms with E-state index in [-0.39, 0.29) is 14.8 Å². The van der Waals surface area contributed by atoms with Crippen LogP contribution in [0.5, 0.6) is 0 Å². The van der Waals surface area contributed by atoms with Crippen LogP contribution in [0.15, 0.2) is 6.20 Å². The topological polar surface area (TPSA) is 30.0 Å². The van der Waals surface area contributed by atoms with Gasteiger partial charge in [-0.25, -0.2) is 8.78 Å². The molecule has 0 saturated carbocycles. The molecular formula is C7H3F2I2NO. The molecule has 0 fully saturated rings. The quantitative estimate of drug-likeness (QED) is 0.556. The Bertz CT molecular complexity index is 344. The molecule has 0 aromatic carbocycles. The summed E-state index contributed by atoms with van der Waals surface area (Å²) in [5, 5.41) is 0. The van der Waals surface area contributed by atoms with Gasteiger partial charge in [-0.3, -0.25) is 9.78 Å². The van der Waals surface area contributed by atoms with Crippen molar-refractivity contribution in [1.29, 1.82) is 0 Å². The lowest BCUT2D eigenvalue weighted by Crippen LogP contribution is -2.01. The van der Waals surface area contributed by atoms with Crippen molar-refractivity contribution in [3.63, 3.8) is 0 Å². The average Bonchev–Trinajstić information content (AvgIpc) is 2.04. The van der Waals surface area contributed by atoms with Crippen LogP contribution in [0.1, 0.15) is 22.5 Å². The van der Waals surface area contributed by atoms with Crippen LogP contribution in [0.4, 0.5) is 8.78 Å². The highest BCUT2D eigenvalue weighted by molar-refractivity contribution is 14.1. The summed E-state index contributed by atoms with van der Waals surface area (Å²) in [6.45, 7) is 0. The minimum Gasteiger partial charge on any atom is -0.296 e. The zero-order valence-corrected chi connectivity index (χ0v) is 10.4. The number of hydrogen-bond donors (Lipinski definition) is 0. The van der Waals surface area contributed by atoms with Gasteiger partial charge in [-0.1, -0.05) is 0 Å². The zero-order chi connectivity index (χ0) is 10.0. The molecule has 70 valence electrons. The highest BCUT2D eigenvalue weighted by atomic mass is 127. The molecule has 0 bridgehead atoms. The Morgan fingerprint density at radius 1 is 1.46 bits per heavy atom. The normalized spacial score (nSPS) is 10.5. The SMILES string of the molecule is O=Cc1ncc(I)c(C(F)F)c1I. The lowest BCUT2D eigenvalue weighted by Gasteiger charge is -2.06. The second-order valence-corrected chi connectivity index (χ2v) is 4.38. The number of halogens is 4. The number of carbonyl (C=O) groups excluding carboxylic acids is 1. The summed E-state index contributed by atoms with van der Waals surface area (Å²) in [7, 11) is 0. The number of hydrogen-bond acceptors (Lipinski definition) is 2. The molecule has 1 rings (SSSR count). The largest absolute Gasteiger partial charge is 0.296 e. The van der Waals surface area contributed by atoms with Crippen molar-refractivity contribution >= 4 is 51.5 Å². The molecule has 0 amide bonds. The number of alkyl halides is 2. The van der Waals surface area contributed by atoms with E-state index in [9.17, 15) is 13.6 Å². The minimum absolute atomic E-state index is 0.0660. The molecule has 2 nitrogen and oxygen atoms in total. The first-order valence-electron chi connectivity index (χ1n) is 3.15. The molecule has 1 aromatic heterocycles. The molecule has 0 atom stereocenters. The van der Waals surface area contributed by atoms with E-state index in [1.165, 1.54) is 6.20 Å². The van der Waals surface area contributed by atoms with E-state index >= 15 is 0 Å². The van der Waals surface area contributed by atoms with Gasteiger partial charge in [-0.2, -0.15) is 0 Å². The zero-order valence-electron chi connectivity index (χ0n) is 6.10. The number of aldehydes is 1. The maximum absolute atomic E-state index is 12.5. The van der Waals surface area contributed by atoms with Crippen LogP contribution in [0.2, 0.25) is 0 Å². The summed E-state index contributed by atoms with van der Waals surface area (Å²) in [4.78, 5) is 14.1. The molecule has 0 saturated heterocycles. The van der Waals surface area contributed by atoms with Crippen LogP contribution in [0.3, 0.4) is 0 Å². The van der Waals surface area contributed by atoms with Gasteiger partial charge in [0.2, 0.25) is 0 Å². The first kappa shape index (κ1) is 11.2. The molecule has 0 unspecified atom stereocenters. The number of carbonyl (C=O) groups is 1. The van der Waals surface area contributed by atoms with Gasteiger partial charge in [0.05, 0.1) is 3.57 Å². The molecule has 0 N–H and O–H groups in total. The van der Waals surface area contributed by atoms with E-state index < -0.39 is 6.43 Å². The lowest BCUT2D eigenvalue weighted by molar-refractivity contribution is 0.111. The second kappa shape index (κ2) is 4.58. The van der Waals surface area contributed by atoms with Crippen LogP contribution < -0.4 is 0 Å². The molecule has 0 aliphatic rings. The summed E-state index contributed by atoms with van der Waals surface area (Å²) >= 11 is 3.47. The summed E-state index contributed by atoms with van der Waals surface area (Å²) < 4.78 is 25.5. The number of aromatic nitrogens is 1. The van der Waals surface area contributed by atoms with Crippen LogP contribution in [0.25, 0.3) is 0 Å². The average molecular weight is 409 g/mol. The summed E-state index contributed by atoms with van der Waals surface area (Å²) in [6.07, 6.45) is -0.821. The van der Waals surface area contributed by atoms with Crippen LogP contribution in [0, 0.1) is 7.14 Å². The molecule has 0 aliphatic heterocycles. The van der Waals surface area contributed by atoms with Crippen molar-refractivity contribution in [2.75, 3.05) is 0 Å². The molecule has 1 aromatic rings. The molecule has 0 spiro atoms. The molecular weight excluding hydrogens is 406 g/mol. The Labute approximate surface area is 100 Å². The van der Waals surface area contributed by atoms with E-state index in [0.29, 0.717) is 9.86 Å². The molecule has 0 aliphatic carbocycles. The fourth-order valence-corrected chi connectivity index (χ4v) is 2.73. The maximum Gasteiger partial charge on any atom is 0.266 e. The molecule has 6 heteroatoms. The van der Waals surface area contributed by atoms with E-state index in [1.54, 1.807) is 45.2 Å². The van der Waals surface area contributed by atoms with Gasteiger partial charge in [0.25, 0.3) is 6.43 Å². The van der Waals surface area contributed by atoms with Gasteiger partial charge in [-0.15, -0.1) is 0 Å². The Kier molecular flexibility index (Phi) is 3.95. The number of pyridine rings is 1. The highest BCUT2D eigenvalue weighted by Gasteiger charge is 2.18.